The number of alkyl carbamates (subject to hydrolysis) is 1. The van der Waals surface area contributed by atoms with E-state index in [9.17, 15) is 9.18 Å². The zero-order valence-electron chi connectivity index (χ0n) is 12.5. The summed E-state index contributed by atoms with van der Waals surface area (Å²) in [6.45, 7) is 0.730. The van der Waals surface area contributed by atoms with E-state index in [1.807, 2.05) is 42.5 Å². The molecule has 0 saturated carbocycles. The zero-order chi connectivity index (χ0) is 16.5. The summed E-state index contributed by atoms with van der Waals surface area (Å²) >= 11 is 3.30. The van der Waals surface area contributed by atoms with Crippen molar-refractivity contribution >= 4 is 28.1 Å². The number of nitrogens with one attached hydrogen (secondary N) is 1. The summed E-state index contributed by atoms with van der Waals surface area (Å²) in [5.74, 6) is -0.281. The van der Waals surface area contributed by atoms with E-state index in [0.717, 1.165) is 11.1 Å². The third-order valence-electron chi connectivity index (χ3n) is 3.05. The molecule has 1 N–H and O–H groups in total. The molecule has 2 rings (SSSR count). The summed E-state index contributed by atoms with van der Waals surface area (Å²) < 4.78 is 18.8. The molecule has 0 aromatic heterocycles. The minimum atomic E-state index is -0.440. The number of carbonyl (C=O) groups is 1. The molecule has 0 aliphatic carbocycles. The lowest BCUT2D eigenvalue weighted by Gasteiger charge is -2.06. The molecule has 23 heavy (non-hydrogen) atoms. The molecule has 0 aliphatic heterocycles. The maximum atomic E-state index is 13.0. The van der Waals surface area contributed by atoms with Crippen molar-refractivity contribution in [3.05, 3.63) is 76.0 Å². The molecule has 2 aromatic rings. The van der Waals surface area contributed by atoms with Crippen molar-refractivity contribution < 1.29 is 13.9 Å². The van der Waals surface area contributed by atoms with Gasteiger partial charge in [-0.3, -0.25) is 0 Å². The fourth-order valence-electron chi connectivity index (χ4n) is 1.88. The van der Waals surface area contributed by atoms with Gasteiger partial charge in [-0.25, -0.2) is 9.18 Å². The van der Waals surface area contributed by atoms with Gasteiger partial charge in [0, 0.05) is 11.0 Å². The van der Waals surface area contributed by atoms with Crippen LogP contribution in [0.5, 0.6) is 0 Å². The molecule has 0 unspecified atom stereocenters. The summed E-state index contributed by atoms with van der Waals surface area (Å²) in [5.41, 5.74) is 1.83. The van der Waals surface area contributed by atoms with Gasteiger partial charge >= 0.3 is 6.09 Å². The lowest BCUT2D eigenvalue weighted by molar-refractivity contribution is 0.140. The summed E-state index contributed by atoms with van der Waals surface area (Å²) in [5, 5.41) is 2.68. The summed E-state index contributed by atoms with van der Waals surface area (Å²) in [6.07, 6.45) is 4.01. The van der Waals surface area contributed by atoms with Crippen LogP contribution < -0.4 is 5.32 Å². The van der Waals surface area contributed by atoms with Crippen LogP contribution in [0.3, 0.4) is 0 Å². The van der Waals surface area contributed by atoms with E-state index in [2.05, 4.69) is 21.2 Å². The number of amides is 1. The molecule has 0 fully saturated rings. The van der Waals surface area contributed by atoms with Crippen molar-refractivity contribution in [1.82, 2.24) is 5.32 Å². The fraction of sp³-hybridized carbons (Fsp3) is 0.167. The smallest absolute Gasteiger partial charge is 0.407 e. The number of ether oxygens (including phenoxy) is 1. The zero-order valence-corrected chi connectivity index (χ0v) is 14.1. The van der Waals surface area contributed by atoms with Crippen LogP contribution in [0.2, 0.25) is 0 Å². The van der Waals surface area contributed by atoms with Gasteiger partial charge in [0.25, 0.3) is 0 Å². The molecule has 2 aromatic carbocycles. The van der Waals surface area contributed by atoms with E-state index >= 15 is 0 Å². The molecule has 0 atom stereocenters. The predicted molar refractivity (Wildman–Crippen MR) is 92.4 cm³/mol. The molecular formula is C18H17BrFNO2. The first-order valence-corrected chi connectivity index (χ1v) is 8.00. The Morgan fingerprint density at radius 3 is 2.74 bits per heavy atom. The van der Waals surface area contributed by atoms with Crippen molar-refractivity contribution in [2.75, 3.05) is 6.54 Å². The number of carbonyl (C=O) groups excluding carboxylic acids is 1. The lowest BCUT2D eigenvalue weighted by atomic mass is 10.2. The average Bonchev–Trinajstić information content (AvgIpc) is 2.55. The van der Waals surface area contributed by atoms with Crippen LogP contribution >= 0.6 is 15.9 Å². The van der Waals surface area contributed by atoms with Crippen LogP contribution in [-0.2, 0) is 11.3 Å². The molecular weight excluding hydrogens is 361 g/mol. The predicted octanol–water partition coefficient (Wildman–Crippen LogP) is 4.92. The quantitative estimate of drug-likeness (QED) is 0.725. The third-order valence-corrected chi connectivity index (χ3v) is 3.74. The lowest BCUT2D eigenvalue weighted by Crippen LogP contribution is -2.24. The molecule has 3 nitrogen and oxygen atoms in total. The molecule has 0 spiro atoms. The Balaban J connectivity index is 1.66. The largest absolute Gasteiger partial charge is 0.445 e. The van der Waals surface area contributed by atoms with E-state index in [0.29, 0.717) is 17.4 Å². The van der Waals surface area contributed by atoms with Gasteiger partial charge in [0.15, 0.2) is 0 Å². The Bertz CT molecular complexity index is 674. The highest BCUT2D eigenvalue weighted by molar-refractivity contribution is 9.10. The van der Waals surface area contributed by atoms with Crippen LogP contribution in [0.4, 0.5) is 9.18 Å². The molecule has 0 bridgehead atoms. The maximum absolute atomic E-state index is 13.0. The van der Waals surface area contributed by atoms with Gasteiger partial charge in [-0.2, -0.15) is 0 Å². The summed E-state index contributed by atoms with van der Waals surface area (Å²) in [7, 11) is 0. The van der Waals surface area contributed by atoms with Gasteiger partial charge in [0.2, 0.25) is 0 Å². The number of rotatable bonds is 6. The topological polar surface area (TPSA) is 38.3 Å². The maximum Gasteiger partial charge on any atom is 0.407 e. The first kappa shape index (κ1) is 17.2. The molecule has 0 aliphatic rings. The highest BCUT2D eigenvalue weighted by Crippen LogP contribution is 2.19. The highest BCUT2D eigenvalue weighted by Gasteiger charge is 2.01. The van der Waals surface area contributed by atoms with Crippen molar-refractivity contribution in [3.63, 3.8) is 0 Å². The second-order valence-electron chi connectivity index (χ2n) is 4.85. The van der Waals surface area contributed by atoms with E-state index < -0.39 is 6.09 Å². The molecule has 120 valence electrons. The second kappa shape index (κ2) is 9.10. The van der Waals surface area contributed by atoms with Crippen LogP contribution in [0.1, 0.15) is 17.5 Å². The van der Waals surface area contributed by atoms with Crippen molar-refractivity contribution in [3.8, 4) is 0 Å². The Labute approximate surface area is 143 Å². The first-order valence-electron chi connectivity index (χ1n) is 7.21. The van der Waals surface area contributed by atoms with E-state index in [1.54, 1.807) is 6.07 Å². The van der Waals surface area contributed by atoms with Gasteiger partial charge in [0.05, 0.1) is 0 Å². The van der Waals surface area contributed by atoms with Gasteiger partial charge < -0.3 is 10.1 Å². The molecule has 0 saturated heterocycles. The van der Waals surface area contributed by atoms with Gasteiger partial charge in [-0.15, -0.1) is 0 Å². The van der Waals surface area contributed by atoms with Gasteiger partial charge in [-0.05, 0) is 29.7 Å². The Morgan fingerprint density at radius 2 is 2.00 bits per heavy atom. The van der Waals surface area contributed by atoms with Gasteiger partial charge in [-0.1, -0.05) is 64.5 Å². The van der Waals surface area contributed by atoms with Crippen LogP contribution in [-0.4, -0.2) is 12.6 Å². The Hall–Kier alpha value is -2.14. The first-order chi connectivity index (χ1) is 11.1. The number of benzene rings is 2. The van der Waals surface area contributed by atoms with Gasteiger partial charge in [0.1, 0.15) is 12.4 Å². The third kappa shape index (κ3) is 6.24. The summed E-state index contributed by atoms with van der Waals surface area (Å²) in [4.78, 5) is 11.5. The molecule has 0 radical (unpaired) electrons. The summed E-state index contributed by atoms with van der Waals surface area (Å²) in [6, 6.07) is 14.0. The van der Waals surface area contributed by atoms with E-state index in [1.165, 1.54) is 12.1 Å². The second-order valence-corrected chi connectivity index (χ2v) is 5.70. The SMILES string of the molecule is O=C(NCCC=Cc1ccc(F)cc1Br)OCc1ccccc1. The molecule has 1 amide bonds. The highest BCUT2D eigenvalue weighted by atomic mass is 79.9. The van der Waals surface area contributed by atoms with E-state index in [-0.39, 0.29) is 12.4 Å². The monoisotopic (exact) mass is 377 g/mol. The average molecular weight is 378 g/mol. The minimum Gasteiger partial charge on any atom is -0.445 e. The number of hydrogen-bond donors (Lipinski definition) is 1. The Morgan fingerprint density at radius 1 is 1.22 bits per heavy atom. The van der Waals surface area contributed by atoms with Crippen LogP contribution in [0.25, 0.3) is 6.08 Å². The van der Waals surface area contributed by atoms with Crippen LogP contribution in [0, 0.1) is 5.82 Å². The molecule has 0 heterocycles. The normalized spacial score (nSPS) is 10.7. The number of halogens is 2. The number of hydrogen-bond acceptors (Lipinski definition) is 2. The van der Waals surface area contributed by atoms with Crippen molar-refractivity contribution in [2.24, 2.45) is 0 Å². The minimum absolute atomic E-state index is 0.255. The van der Waals surface area contributed by atoms with Crippen molar-refractivity contribution in [2.45, 2.75) is 13.0 Å². The Kier molecular flexibility index (Phi) is 6.81. The molecule has 5 heteroatoms. The van der Waals surface area contributed by atoms with Crippen LogP contribution in [0.15, 0.2) is 59.1 Å². The van der Waals surface area contributed by atoms with Crippen molar-refractivity contribution in [1.29, 1.82) is 0 Å². The fourth-order valence-corrected chi connectivity index (χ4v) is 2.36. The van der Waals surface area contributed by atoms with E-state index in [4.69, 9.17) is 4.74 Å². The standard InChI is InChI=1S/C18H17BrFNO2/c19-17-12-16(20)10-9-15(17)8-4-5-11-21-18(22)23-13-14-6-2-1-3-7-14/h1-4,6-10,12H,5,11,13H2,(H,21,22).